The van der Waals surface area contributed by atoms with Crippen molar-refractivity contribution >= 4 is 23.6 Å². The zero-order valence-corrected chi connectivity index (χ0v) is 9.30. The first-order valence-corrected chi connectivity index (χ1v) is 5.66. The molecule has 0 bridgehead atoms. The lowest BCUT2D eigenvalue weighted by atomic mass is 10.1. The number of para-hydroxylation sites is 1. The molecule has 1 saturated heterocycles. The van der Waals surface area contributed by atoms with Gasteiger partial charge in [-0.2, -0.15) is 5.01 Å². The molecule has 4 heteroatoms. The lowest BCUT2D eigenvalue weighted by Crippen LogP contribution is -2.47. The summed E-state index contributed by atoms with van der Waals surface area (Å²) < 4.78 is 0. The van der Waals surface area contributed by atoms with Crippen LogP contribution in [0.4, 0.5) is 5.69 Å². The Labute approximate surface area is 99.1 Å². The van der Waals surface area contributed by atoms with Crippen molar-refractivity contribution < 1.29 is 9.59 Å². The normalized spacial score (nSPS) is 18.8. The summed E-state index contributed by atoms with van der Waals surface area (Å²) in [7, 11) is 0. The van der Waals surface area contributed by atoms with E-state index in [0.717, 1.165) is 11.3 Å². The fourth-order valence-electron chi connectivity index (χ4n) is 2.26. The van der Waals surface area contributed by atoms with Crippen LogP contribution in [0.2, 0.25) is 0 Å². The van der Waals surface area contributed by atoms with E-state index in [1.54, 1.807) is 5.01 Å². The fourth-order valence-corrected chi connectivity index (χ4v) is 2.26. The summed E-state index contributed by atoms with van der Waals surface area (Å²) in [6.07, 6.45) is 4.61. The third-order valence-corrected chi connectivity index (χ3v) is 3.06. The molecule has 0 saturated carbocycles. The zero-order valence-electron chi connectivity index (χ0n) is 9.30. The number of rotatable bonds is 1. The molecule has 0 spiro atoms. The Bertz CT molecular complexity index is 506. The molecule has 1 aromatic rings. The fraction of sp³-hybridized carbons (Fsp3) is 0.231. The minimum absolute atomic E-state index is 0.111. The van der Waals surface area contributed by atoms with Crippen molar-refractivity contribution in [2.75, 3.05) is 11.6 Å². The average molecular weight is 228 g/mol. The van der Waals surface area contributed by atoms with Gasteiger partial charge in [0.1, 0.15) is 0 Å². The Balaban J connectivity index is 2.03. The van der Waals surface area contributed by atoms with E-state index >= 15 is 0 Å². The van der Waals surface area contributed by atoms with Crippen LogP contribution >= 0.6 is 0 Å². The van der Waals surface area contributed by atoms with E-state index in [9.17, 15) is 9.59 Å². The van der Waals surface area contributed by atoms with Crippen molar-refractivity contribution in [3.63, 3.8) is 0 Å². The molecular weight excluding hydrogens is 216 g/mol. The molecule has 0 aliphatic carbocycles. The summed E-state index contributed by atoms with van der Waals surface area (Å²) >= 11 is 0. The molecular formula is C13H12N2O2. The first-order valence-electron chi connectivity index (χ1n) is 5.66. The van der Waals surface area contributed by atoms with E-state index in [4.69, 9.17) is 0 Å². The number of carbonyl (C=O) groups excluding carboxylic acids is 2. The summed E-state index contributed by atoms with van der Waals surface area (Å²) in [4.78, 5) is 23.5. The van der Waals surface area contributed by atoms with Gasteiger partial charge in [0.05, 0.1) is 12.2 Å². The van der Waals surface area contributed by atoms with Crippen LogP contribution in [0, 0.1) is 0 Å². The highest BCUT2D eigenvalue weighted by Gasteiger charge is 2.35. The average Bonchev–Trinajstić information content (AvgIpc) is 2.69. The Morgan fingerprint density at radius 2 is 1.71 bits per heavy atom. The molecule has 4 nitrogen and oxygen atoms in total. The van der Waals surface area contributed by atoms with Gasteiger partial charge in [0.25, 0.3) is 0 Å². The lowest BCUT2D eigenvalue weighted by Gasteiger charge is -2.34. The van der Waals surface area contributed by atoms with Crippen molar-refractivity contribution in [3.8, 4) is 0 Å². The molecule has 1 aromatic carbocycles. The third-order valence-electron chi connectivity index (χ3n) is 3.06. The number of benzene rings is 1. The first kappa shape index (κ1) is 10.1. The van der Waals surface area contributed by atoms with Gasteiger partial charge in [-0.15, -0.1) is 0 Å². The molecule has 3 rings (SSSR count). The molecule has 2 aliphatic rings. The second kappa shape index (κ2) is 3.73. The van der Waals surface area contributed by atoms with Crippen LogP contribution < -0.4 is 5.01 Å². The second-order valence-electron chi connectivity index (χ2n) is 4.14. The molecule has 2 aliphatic heterocycles. The quantitative estimate of drug-likeness (QED) is 0.685. The molecule has 1 fully saturated rings. The Morgan fingerprint density at radius 1 is 1.00 bits per heavy atom. The zero-order chi connectivity index (χ0) is 11.8. The van der Waals surface area contributed by atoms with Crippen molar-refractivity contribution in [1.29, 1.82) is 0 Å². The Morgan fingerprint density at radius 3 is 2.47 bits per heavy atom. The number of hydrazine groups is 1. The number of carbonyl (C=O) groups is 2. The predicted molar refractivity (Wildman–Crippen MR) is 63.9 cm³/mol. The first-order chi connectivity index (χ1) is 8.27. The van der Waals surface area contributed by atoms with E-state index in [2.05, 4.69) is 0 Å². The largest absolute Gasteiger partial charge is 0.273 e. The topological polar surface area (TPSA) is 40.6 Å². The molecule has 2 heterocycles. The number of anilines is 1. The van der Waals surface area contributed by atoms with Crippen molar-refractivity contribution in [3.05, 3.63) is 35.9 Å². The van der Waals surface area contributed by atoms with Crippen LogP contribution in [0.25, 0.3) is 6.08 Å². The maximum absolute atomic E-state index is 11.7. The minimum Gasteiger partial charge on any atom is -0.273 e. The standard InChI is InChI=1S/C13H12N2O2/c16-12-7-8-13(17)15(12)14-9-3-5-10-4-1-2-6-11(10)14/h1-6H,7-9H2. The number of amides is 2. The van der Waals surface area contributed by atoms with Crippen LogP contribution in [0.3, 0.4) is 0 Å². The van der Waals surface area contributed by atoms with Gasteiger partial charge in [-0.25, -0.2) is 0 Å². The van der Waals surface area contributed by atoms with Crippen LogP contribution in [0.1, 0.15) is 18.4 Å². The highest BCUT2D eigenvalue weighted by molar-refractivity contribution is 6.03. The predicted octanol–water partition coefficient (Wildman–Crippen LogP) is 1.58. The Kier molecular flexibility index (Phi) is 2.21. The van der Waals surface area contributed by atoms with E-state index in [1.165, 1.54) is 5.01 Å². The van der Waals surface area contributed by atoms with Gasteiger partial charge in [0, 0.05) is 12.8 Å². The molecule has 0 aromatic heterocycles. The van der Waals surface area contributed by atoms with Crippen LogP contribution in [0.15, 0.2) is 30.3 Å². The summed E-state index contributed by atoms with van der Waals surface area (Å²) in [5, 5.41) is 3.04. The van der Waals surface area contributed by atoms with Crippen LogP contribution in [-0.4, -0.2) is 23.4 Å². The molecule has 0 radical (unpaired) electrons. The van der Waals surface area contributed by atoms with Gasteiger partial charge in [-0.1, -0.05) is 30.4 Å². The summed E-state index contributed by atoms with van der Waals surface area (Å²) in [6, 6.07) is 7.76. The monoisotopic (exact) mass is 228 g/mol. The second-order valence-corrected chi connectivity index (χ2v) is 4.14. The van der Waals surface area contributed by atoms with E-state index in [1.807, 2.05) is 36.4 Å². The smallest absolute Gasteiger partial charge is 0.248 e. The molecule has 86 valence electrons. The molecule has 0 N–H and O–H groups in total. The number of hydrogen-bond donors (Lipinski definition) is 0. The number of hydrogen-bond acceptors (Lipinski definition) is 3. The minimum atomic E-state index is -0.111. The van der Waals surface area contributed by atoms with E-state index in [0.29, 0.717) is 19.4 Å². The van der Waals surface area contributed by atoms with Gasteiger partial charge in [0.15, 0.2) is 0 Å². The molecule has 0 unspecified atom stereocenters. The van der Waals surface area contributed by atoms with Crippen molar-refractivity contribution in [1.82, 2.24) is 5.01 Å². The number of nitrogens with zero attached hydrogens (tertiary/aromatic N) is 2. The lowest BCUT2D eigenvalue weighted by molar-refractivity contribution is -0.139. The van der Waals surface area contributed by atoms with Gasteiger partial charge in [-0.05, 0) is 11.6 Å². The van der Waals surface area contributed by atoms with Crippen LogP contribution in [-0.2, 0) is 9.59 Å². The highest BCUT2D eigenvalue weighted by Crippen LogP contribution is 2.29. The molecule has 2 amide bonds. The highest BCUT2D eigenvalue weighted by atomic mass is 16.2. The maximum atomic E-state index is 11.7. The number of imide groups is 1. The SMILES string of the molecule is O=C1CCC(=O)N1N1CC=Cc2ccccc21. The summed E-state index contributed by atoms with van der Waals surface area (Å²) in [5.74, 6) is -0.222. The number of fused-ring (bicyclic) bond motifs is 1. The third kappa shape index (κ3) is 1.53. The van der Waals surface area contributed by atoms with Gasteiger partial charge in [0.2, 0.25) is 11.8 Å². The maximum Gasteiger partial charge on any atom is 0.248 e. The van der Waals surface area contributed by atoms with E-state index < -0.39 is 0 Å². The summed E-state index contributed by atoms with van der Waals surface area (Å²) in [5.41, 5.74) is 1.95. The van der Waals surface area contributed by atoms with Gasteiger partial charge < -0.3 is 0 Å². The molecule has 0 atom stereocenters. The van der Waals surface area contributed by atoms with E-state index in [-0.39, 0.29) is 11.8 Å². The van der Waals surface area contributed by atoms with Crippen LogP contribution in [0.5, 0.6) is 0 Å². The summed E-state index contributed by atoms with van der Waals surface area (Å²) in [6.45, 7) is 0.564. The van der Waals surface area contributed by atoms with Crippen molar-refractivity contribution in [2.45, 2.75) is 12.8 Å². The Hall–Kier alpha value is -2.10. The van der Waals surface area contributed by atoms with Crippen molar-refractivity contribution in [2.24, 2.45) is 0 Å². The molecule has 17 heavy (non-hydrogen) atoms. The van der Waals surface area contributed by atoms with Gasteiger partial charge >= 0.3 is 0 Å². The van der Waals surface area contributed by atoms with Gasteiger partial charge in [-0.3, -0.25) is 14.6 Å².